The number of benzene rings is 2. The molecule has 4 nitrogen and oxygen atoms in total. The zero-order valence-electron chi connectivity index (χ0n) is 14.1. The van der Waals surface area contributed by atoms with Crippen molar-refractivity contribution in [3.05, 3.63) is 65.7 Å². The van der Waals surface area contributed by atoms with Gasteiger partial charge >= 0.3 is 0 Å². The predicted molar refractivity (Wildman–Crippen MR) is 97.8 cm³/mol. The fraction of sp³-hybridized carbons (Fsp3) is 0.350. The zero-order valence-corrected chi connectivity index (χ0v) is 14.8. The Hall–Kier alpha value is -1.88. The Morgan fingerprint density at radius 1 is 1.20 bits per heavy atom. The normalized spacial score (nSPS) is 18.0. The van der Waals surface area contributed by atoms with Crippen molar-refractivity contribution in [2.75, 3.05) is 26.2 Å². The van der Waals surface area contributed by atoms with Crippen molar-refractivity contribution < 1.29 is 14.3 Å². The Balaban J connectivity index is 1.59. The molecule has 1 aliphatic rings. The first kappa shape index (κ1) is 17.9. The van der Waals surface area contributed by atoms with Crippen molar-refractivity contribution in [3.8, 4) is 5.75 Å². The summed E-state index contributed by atoms with van der Waals surface area (Å²) in [6.07, 6.45) is 0.355. The van der Waals surface area contributed by atoms with Crippen molar-refractivity contribution in [1.82, 2.24) is 4.90 Å². The Morgan fingerprint density at radius 3 is 2.84 bits per heavy atom. The second-order valence-corrected chi connectivity index (χ2v) is 6.53. The van der Waals surface area contributed by atoms with Crippen LogP contribution in [0.25, 0.3) is 0 Å². The van der Waals surface area contributed by atoms with E-state index in [-0.39, 0.29) is 11.3 Å². The smallest absolute Gasteiger partial charge is 0.222 e. The molecule has 0 spiro atoms. The molecule has 132 valence electrons. The van der Waals surface area contributed by atoms with Crippen LogP contribution in [0.5, 0.6) is 5.75 Å². The van der Waals surface area contributed by atoms with E-state index in [1.807, 2.05) is 48.5 Å². The minimum absolute atomic E-state index is 0.0144. The van der Waals surface area contributed by atoms with Gasteiger partial charge in [0.25, 0.3) is 0 Å². The number of ether oxygens (including phenoxy) is 2. The maximum atomic E-state index is 11.0. The van der Waals surface area contributed by atoms with Crippen LogP contribution in [0.1, 0.15) is 23.7 Å². The lowest BCUT2D eigenvalue weighted by atomic mass is 10.1. The maximum Gasteiger partial charge on any atom is 0.222 e. The first-order valence-electron chi connectivity index (χ1n) is 8.50. The van der Waals surface area contributed by atoms with Crippen LogP contribution in [0.3, 0.4) is 0 Å². The molecule has 0 bridgehead atoms. The molecule has 0 saturated carbocycles. The van der Waals surface area contributed by atoms with Gasteiger partial charge in [-0.1, -0.05) is 42.5 Å². The molecule has 1 aliphatic heterocycles. The summed E-state index contributed by atoms with van der Waals surface area (Å²) in [5.74, 6) is 0.831. The standard InChI is InChI=1S/C20H22ClNO3/c21-20(23)9-10-22-11-12-24-19(14-22)17-7-4-8-18(13-17)25-15-16-5-2-1-3-6-16/h1-8,13,19H,9-12,14-15H2. The summed E-state index contributed by atoms with van der Waals surface area (Å²) in [6, 6.07) is 18.1. The molecule has 25 heavy (non-hydrogen) atoms. The van der Waals surface area contributed by atoms with E-state index < -0.39 is 0 Å². The quantitative estimate of drug-likeness (QED) is 0.705. The molecule has 1 unspecified atom stereocenters. The third kappa shape index (κ3) is 5.56. The van der Waals surface area contributed by atoms with E-state index in [1.54, 1.807) is 0 Å². The van der Waals surface area contributed by atoms with Crippen molar-refractivity contribution in [2.24, 2.45) is 0 Å². The van der Waals surface area contributed by atoms with Gasteiger partial charge in [-0.2, -0.15) is 0 Å². The average Bonchev–Trinajstić information content (AvgIpc) is 2.66. The summed E-state index contributed by atoms with van der Waals surface area (Å²) in [7, 11) is 0. The number of nitrogens with zero attached hydrogens (tertiary/aromatic N) is 1. The summed E-state index contributed by atoms with van der Waals surface area (Å²) in [4.78, 5) is 13.2. The van der Waals surface area contributed by atoms with Gasteiger partial charge in [0.1, 0.15) is 12.4 Å². The van der Waals surface area contributed by atoms with E-state index in [9.17, 15) is 4.79 Å². The monoisotopic (exact) mass is 359 g/mol. The number of rotatable bonds is 7. The molecular formula is C20H22ClNO3. The molecule has 0 N–H and O–H groups in total. The van der Waals surface area contributed by atoms with Gasteiger partial charge in [0.05, 0.1) is 12.7 Å². The summed E-state index contributed by atoms with van der Waals surface area (Å²) >= 11 is 5.44. The van der Waals surface area contributed by atoms with E-state index in [2.05, 4.69) is 11.0 Å². The number of halogens is 1. The van der Waals surface area contributed by atoms with E-state index in [4.69, 9.17) is 21.1 Å². The van der Waals surface area contributed by atoms with Crippen LogP contribution in [-0.4, -0.2) is 36.4 Å². The van der Waals surface area contributed by atoms with Gasteiger partial charge in [-0.15, -0.1) is 0 Å². The van der Waals surface area contributed by atoms with Gasteiger partial charge in [0, 0.05) is 26.1 Å². The van der Waals surface area contributed by atoms with Gasteiger partial charge in [0.2, 0.25) is 5.24 Å². The molecule has 0 radical (unpaired) electrons. The summed E-state index contributed by atoms with van der Waals surface area (Å²) in [5.41, 5.74) is 2.23. The van der Waals surface area contributed by atoms with Gasteiger partial charge in [-0.05, 0) is 34.9 Å². The first-order chi connectivity index (χ1) is 12.2. The van der Waals surface area contributed by atoms with E-state index in [0.717, 1.165) is 30.0 Å². The Labute approximate surface area is 153 Å². The van der Waals surface area contributed by atoms with Crippen LogP contribution in [0.2, 0.25) is 0 Å². The molecule has 0 aliphatic carbocycles. The molecular weight excluding hydrogens is 338 g/mol. The first-order valence-corrected chi connectivity index (χ1v) is 8.87. The maximum absolute atomic E-state index is 11.0. The number of carbonyl (C=O) groups is 1. The van der Waals surface area contributed by atoms with Gasteiger partial charge in [0.15, 0.2) is 0 Å². The minimum Gasteiger partial charge on any atom is -0.489 e. The fourth-order valence-electron chi connectivity index (χ4n) is 2.90. The predicted octanol–water partition coefficient (Wildman–Crippen LogP) is 3.79. The highest BCUT2D eigenvalue weighted by molar-refractivity contribution is 6.63. The number of hydrogen-bond acceptors (Lipinski definition) is 4. The van der Waals surface area contributed by atoms with Crippen LogP contribution in [0.4, 0.5) is 0 Å². The molecule has 1 heterocycles. The molecule has 0 aromatic heterocycles. The molecule has 1 fully saturated rings. The van der Waals surface area contributed by atoms with E-state index in [0.29, 0.717) is 26.2 Å². The third-order valence-corrected chi connectivity index (χ3v) is 4.44. The Kier molecular flexibility index (Phi) is 6.45. The van der Waals surface area contributed by atoms with Crippen LogP contribution >= 0.6 is 11.6 Å². The molecule has 0 amide bonds. The van der Waals surface area contributed by atoms with Crippen LogP contribution in [0.15, 0.2) is 54.6 Å². The molecule has 2 aromatic carbocycles. The van der Waals surface area contributed by atoms with Crippen molar-refractivity contribution in [1.29, 1.82) is 0 Å². The second-order valence-electron chi connectivity index (χ2n) is 6.11. The lowest BCUT2D eigenvalue weighted by molar-refractivity contribution is -0.112. The number of morpholine rings is 1. The van der Waals surface area contributed by atoms with Crippen molar-refractivity contribution in [2.45, 2.75) is 19.1 Å². The molecule has 1 saturated heterocycles. The molecule has 5 heteroatoms. The number of hydrogen-bond donors (Lipinski definition) is 0. The lowest BCUT2D eigenvalue weighted by Crippen LogP contribution is -2.39. The highest BCUT2D eigenvalue weighted by Gasteiger charge is 2.22. The SMILES string of the molecule is O=C(Cl)CCN1CCOC(c2cccc(OCc3ccccc3)c2)C1. The molecule has 1 atom stereocenters. The highest BCUT2D eigenvalue weighted by atomic mass is 35.5. The zero-order chi connectivity index (χ0) is 17.5. The topological polar surface area (TPSA) is 38.8 Å². The van der Waals surface area contributed by atoms with Gasteiger partial charge in [-0.25, -0.2) is 0 Å². The minimum atomic E-state index is -0.292. The largest absolute Gasteiger partial charge is 0.489 e. The van der Waals surface area contributed by atoms with Gasteiger partial charge < -0.3 is 9.47 Å². The van der Waals surface area contributed by atoms with Crippen LogP contribution in [-0.2, 0) is 16.1 Å². The number of carbonyl (C=O) groups excluding carboxylic acids is 1. The molecule has 3 rings (SSSR count). The average molecular weight is 360 g/mol. The van der Waals surface area contributed by atoms with Crippen molar-refractivity contribution in [3.63, 3.8) is 0 Å². The third-order valence-electron chi connectivity index (χ3n) is 4.25. The summed E-state index contributed by atoms with van der Waals surface area (Å²) < 4.78 is 11.8. The van der Waals surface area contributed by atoms with Crippen LogP contribution < -0.4 is 4.74 Å². The van der Waals surface area contributed by atoms with E-state index in [1.165, 1.54) is 0 Å². The lowest BCUT2D eigenvalue weighted by Gasteiger charge is -2.33. The van der Waals surface area contributed by atoms with Crippen molar-refractivity contribution >= 4 is 16.8 Å². The molecule has 2 aromatic rings. The van der Waals surface area contributed by atoms with Crippen LogP contribution in [0, 0.1) is 0 Å². The second kappa shape index (κ2) is 8.99. The summed E-state index contributed by atoms with van der Waals surface area (Å²) in [5, 5.41) is -0.292. The summed E-state index contributed by atoms with van der Waals surface area (Å²) in [6.45, 7) is 3.44. The fourth-order valence-corrected chi connectivity index (χ4v) is 2.98. The van der Waals surface area contributed by atoms with Gasteiger partial charge in [-0.3, -0.25) is 9.69 Å². The highest BCUT2D eigenvalue weighted by Crippen LogP contribution is 2.26. The van der Waals surface area contributed by atoms with E-state index >= 15 is 0 Å². The Bertz CT molecular complexity index is 692. The Morgan fingerprint density at radius 2 is 2.04 bits per heavy atom.